The maximum absolute atomic E-state index is 13.4. The van der Waals surface area contributed by atoms with Crippen molar-refractivity contribution >= 4 is 34.5 Å². The quantitative estimate of drug-likeness (QED) is 0.624. The van der Waals surface area contributed by atoms with E-state index in [1.54, 1.807) is 29.1 Å². The van der Waals surface area contributed by atoms with E-state index in [-0.39, 0.29) is 18.0 Å². The van der Waals surface area contributed by atoms with Crippen molar-refractivity contribution in [2.75, 3.05) is 37.4 Å². The number of hydrogen-bond acceptors (Lipinski definition) is 7. The Morgan fingerprint density at radius 3 is 2.64 bits per heavy atom. The van der Waals surface area contributed by atoms with Gasteiger partial charge in [0.05, 0.1) is 23.4 Å². The Labute approximate surface area is 190 Å². The van der Waals surface area contributed by atoms with Crippen LogP contribution in [0.3, 0.4) is 0 Å². The summed E-state index contributed by atoms with van der Waals surface area (Å²) in [4.78, 5) is 44.0. The Morgan fingerprint density at radius 2 is 1.94 bits per heavy atom. The summed E-state index contributed by atoms with van der Waals surface area (Å²) < 4.78 is 0. The fourth-order valence-corrected chi connectivity index (χ4v) is 4.61. The number of piperidine rings is 1. The zero-order chi connectivity index (χ0) is 23.1. The number of nitrogen functional groups attached to an aromatic ring is 1. The van der Waals surface area contributed by atoms with E-state index in [1.807, 2.05) is 29.3 Å². The predicted molar refractivity (Wildman–Crippen MR) is 123 cm³/mol. The first-order valence-electron chi connectivity index (χ1n) is 10.9. The molecule has 10 heteroatoms. The highest BCUT2D eigenvalue weighted by Gasteiger charge is 2.37. The molecule has 3 N–H and O–H groups in total. The van der Waals surface area contributed by atoms with Gasteiger partial charge in [0.1, 0.15) is 17.9 Å². The lowest BCUT2D eigenvalue weighted by molar-refractivity contribution is -0.135. The van der Waals surface area contributed by atoms with Crippen molar-refractivity contribution in [3.8, 4) is 11.3 Å². The molecule has 170 valence electrons. The molecule has 1 fully saturated rings. The van der Waals surface area contributed by atoms with E-state index in [1.165, 1.54) is 0 Å². The fraction of sp³-hybridized carbons (Fsp3) is 0.348. The van der Waals surface area contributed by atoms with E-state index >= 15 is 0 Å². The van der Waals surface area contributed by atoms with E-state index in [4.69, 9.17) is 10.7 Å². The van der Waals surface area contributed by atoms with Gasteiger partial charge in [0.25, 0.3) is 0 Å². The number of aliphatic hydroxyl groups is 1. The predicted octanol–water partition coefficient (Wildman–Crippen LogP) is 1.63. The third-order valence-electron chi connectivity index (χ3n) is 6.34. The number of carbonyl (C=O) groups is 2. The summed E-state index contributed by atoms with van der Waals surface area (Å²) >= 11 is 0. The zero-order valence-electron chi connectivity index (χ0n) is 18.3. The van der Waals surface area contributed by atoms with E-state index in [9.17, 15) is 14.7 Å². The minimum atomic E-state index is -0.498. The molecule has 0 saturated carbocycles. The molecule has 5 heterocycles. The number of rotatable bonds is 3. The number of fused-ring (bicyclic) bond motifs is 3. The maximum Gasteiger partial charge on any atom is 0.324 e. The highest BCUT2D eigenvalue weighted by atomic mass is 16.3. The van der Waals surface area contributed by atoms with Gasteiger partial charge in [-0.25, -0.2) is 14.8 Å². The number of aromatic nitrogens is 3. The van der Waals surface area contributed by atoms with Crippen molar-refractivity contribution in [3.05, 3.63) is 42.2 Å². The van der Waals surface area contributed by atoms with E-state index in [0.717, 1.165) is 22.5 Å². The Hall–Kier alpha value is -3.79. The van der Waals surface area contributed by atoms with Crippen molar-refractivity contribution in [2.24, 2.45) is 0 Å². The summed E-state index contributed by atoms with van der Waals surface area (Å²) in [5.41, 5.74) is 10.3. The van der Waals surface area contributed by atoms with Gasteiger partial charge in [-0.3, -0.25) is 14.7 Å². The van der Waals surface area contributed by atoms with Crippen LogP contribution in [-0.4, -0.2) is 74.6 Å². The summed E-state index contributed by atoms with van der Waals surface area (Å²) in [7, 11) is 1.77. The molecule has 0 spiro atoms. The van der Waals surface area contributed by atoms with Gasteiger partial charge in [-0.2, -0.15) is 0 Å². The molecule has 2 aliphatic rings. The van der Waals surface area contributed by atoms with Gasteiger partial charge in [-0.1, -0.05) is 0 Å². The Morgan fingerprint density at radius 1 is 1.15 bits per heavy atom. The third kappa shape index (κ3) is 3.72. The molecule has 2 aliphatic heterocycles. The molecule has 0 atom stereocenters. The van der Waals surface area contributed by atoms with Crippen LogP contribution in [0.1, 0.15) is 18.4 Å². The van der Waals surface area contributed by atoms with Gasteiger partial charge in [0, 0.05) is 49.7 Å². The zero-order valence-corrected chi connectivity index (χ0v) is 18.3. The molecule has 0 aromatic carbocycles. The lowest BCUT2D eigenvalue weighted by Gasteiger charge is -2.43. The lowest BCUT2D eigenvalue weighted by Crippen LogP contribution is -2.54. The molecule has 5 rings (SSSR count). The molecule has 0 bridgehead atoms. The summed E-state index contributed by atoms with van der Waals surface area (Å²) in [6.45, 7) is 0.935. The maximum atomic E-state index is 13.4. The third-order valence-corrected chi connectivity index (χ3v) is 6.34. The van der Waals surface area contributed by atoms with Gasteiger partial charge in [0.15, 0.2) is 0 Å². The first-order chi connectivity index (χ1) is 16.0. The van der Waals surface area contributed by atoms with Crippen LogP contribution in [0.15, 0.2) is 36.7 Å². The molecule has 0 radical (unpaired) electrons. The van der Waals surface area contributed by atoms with E-state index in [0.29, 0.717) is 49.3 Å². The van der Waals surface area contributed by atoms with Crippen molar-refractivity contribution in [1.29, 1.82) is 0 Å². The monoisotopic (exact) mass is 447 g/mol. The Balaban J connectivity index is 1.58. The van der Waals surface area contributed by atoms with E-state index < -0.39 is 6.61 Å². The Kier molecular flexibility index (Phi) is 5.29. The molecule has 33 heavy (non-hydrogen) atoms. The first kappa shape index (κ1) is 21.1. The molecule has 0 aliphatic carbocycles. The molecule has 3 aromatic rings. The minimum Gasteiger partial charge on any atom is -0.387 e. The first-order valence-corrected chi connectivity index (χ1v) is 10.9. The summed E-state index contributed by atoms with van der Waals surface area (Å²) in [6.07, 6.45) is 4.73. The normalized spacial score (nSPS) is 16.9. The van der Waals surface area contributed by atoms with Crippen LogP contribution in [0.2, 0.25) is 0 Å². The van der Waals surface area contributed by atoms with Crippen LogP contribution < -0.4 is 10.6 Å². The second-order valence-corrected chi connectivity index (χ2v) is 8.45. The van der Waals surface area contributed by atoms with Crippen LogP contribution in [-0.2, 0) is 11.3 Å². The van der Waals surface area contributed by atoms with Gasteiger partial charge < -0.3 is 20.6 Å². The molecule has 3 amide bonds. The number of amides is 3. The largest absolute Gasteiger partial charge is 0.387 e. The summed E-state index contributed by atoms with van der Waals surface area (Å²) in [5, 5.41) is 9.17. The van der Waals surface area contributed by atoms with Crippen LogP contribution >= 0.6 is 0 Å². The van der Waals surface area contributed by atoms with Crippen LogP contribution in [0.5, 0.6) is 0 Å². The van der Waals surface area contributed by atoms with Crippen molar-refractivity contribution in [3.63, 3.8) is 0 Å². The number of nitrogens with zero attached hydrogens (tertiary/aromatic N) is 6. The molecule has 10 nitrogen and oxygen atoms in total. The average molecular weight is 447 g/mol. The number of nitrogens with two attached hydrogens (primary N) is 1. The van der Waals surface area contributed by atoms with Gasteiger partial charge in [0.2, 0.25) is 5.91 Å². The number of urea groups is 1. The fourth-order valence-electron chi connectivity index (χ4n) is 4.61. The van der Waals surface area contributed by atoms with E-state index in [2.05, 4.69) is 9.97 Å². The lowest BCUT2D eigenvalue weighted by atomic mass is 9.99. The SMILES string of the molecule is CN1Cc2cnc3ccc(-c4ccc(N)nc4)nc3c2N(C2CCN(C(=O)CO)CC2)C1=O. The standard InChI is InChI=1S/C23H25N7O3/c1-28-12-15-11-25-18-4-3-17(14-2-5-19(24)26-10-14)27-21(18)22(15)30(23(28)33)16-6-8-29(9-7-16)20(32)13-31/h2-5,10-11,16,31H,6-9,12-13H2,1H3,(H2,24,26). The van der Waals surface area contributed by atoms with Gasteiger partial charge in [-0.15, -0.1) is 0 Å². The number of carbonyl (C=O) groups excluding carboxylic acids is 2. The van der Waals surface area contributed by atoms with Crippen LogP contribution in [0, 0.1) is 0 Å². The number of hydrogen-bond donors (Lipinski definition) is 2. The highest BCUT2D eigenvalue weighted by molar-refractivity contribution is 6.04. The number of anilines is 2. The van der Waals surface area contributed by atoms with Gasteiger partial charge >= 0.3 is 6.03 Å². The molecule has 3 aromatic heterocycles. The second kappa shape index (κ2) is 8.28. The number of pyridine rings is 3. The second-order valence-electron chi connectivity index (χ2n) is 8.45. The molecule has 0 unspecified atom stereocenters. The van der Waals surface area contributed by atoms with Crippen molar-refractivity contribution < 1.29 is 14.7 Å². The molecular weight excluding hydrogens is 422 g/mol. The van der Waals surface area contributed by atoms with Crippen LogP contribution in [0.25, 0.3) is 22.3 Å². The highest BCUT2D eigenvalue weighted by Crippen LogP contribution is 2.37. The molecule has 1 saturated heterocycles. The molecular formula is C23H25N7O3. The average Bonchev–Trinajstić information content (AvgIpc) is 2.84. The topological polar surface area (TPSA) is 129 Å². The Bertz CT molecular complexity index is 1220. The minimum absolute atomic E-state index is 0.0870. The number of likely N-dealkylation sites (tertiary alicyclic amines) is 1. The summed E-state index contributed by atoms with van der Waals surface area (Å²) in [5.74, 6) is 0.151. The summed E-state index contributed by atoms with van der Waals surface area (Å²) in [6, 6.07) is 7.20. The van der Waals surface area contributed by atoms with Crippen LogP contribution in [0.4, 0.5) is 16.3 Å². The smallest absolute Gasteiger partial charge is 0.324 e. The van der Waals surface area contributed by atoms with Gasteiger partial charge in [-0.05, 0) is 37.1 Å². The number of aliphatic hydroxyl groups excluding tert-OH is 1. The van der Waals surface area contributed by atoms with Crippen molar-refractivity contribution in [2.45, 2.75) is 25.4 Å². The van der Waals surface area contributed by atoms with Crippen molar-refractivity contribution in [1.82, 2.24) is 24.8 Å².